The standard InChI is InChI=1S/C8H4BrN3/c9-12-8-3-1-2-6(4-10)7(8)5-11-12/h1-3,5H. The van der Waals surface area contributed by atoms with Crippen LogP contribution < -0.4 is 0 Å². The van der Waals surface area contributed by atoms with Crippen LogP contribution in [0.1, 0.15) is 5.56 Å². The second kappa shape index (κ2) is 2.61. The van der Waals surface area contributed by atoms with Crippen molar-refractivity contribution in [3.8, 4) is 6.07 Å². The maximum Gasteiger partial charge on any atom is 0.0999 e. The zero-order valence-electron chi connectivity index (χ0n) is 6.03. The van der Waals surface area contributed by atoms with E-state index in [0.717, 1.165) is 10.9 Å². The highest BCUT2D eigenvalue weighted by Crippen LogP contribution is 2.18. The SMILES string of the molecule is N#Cc1cccc2c1cnn2Br. The molecule has 0 bridgehead atoms. The van der Waals surface area contributed by atoms with Crippen LogP contribution >= 0.6 is 16.1 Å². The molecular formula is C8H4BrN3. The number of rotatable bonds is 0. The van der Waals surface area contributed by atoms with Crippen molar-refractivity contribution < 1.29 is 0 Å². The van der Waals surface area contributed by atoms with Crippen LogP contribution in [0.25, 0.3) is 10.9 Å². The third-order valence-electron chi connectivity index (χ3n) is 1.69. The minimum atomic E-state index is 0.651. The van der Waals surface area contributed by atoms with Crippen LogP contribution in [0, 0.1) is 11.3 Å². The zero-order valence-corrected chi connectivity index (χ0v) is 7.62. The van der Waals surface area contributed by atoms with Crippen molar-refractivity contribution in [3.63, 3.8) is 0 Å². The lowest BCUT2D eigenvalue weighted by Crippen LogP contribution is -1.80. The van der Waals surface area contributed by atoms with E-state index in [2.05, 4.69) is 27.3 Å². The number of benzene rings is 1. The fraction of sp³-hybridized carbons (Fsp3) is 0. The Morgan fingerprint density at radius 2 is 2.33 bits per heavy atom. The molecule has 0 saturated heterocycles. The molecule has 0 aliphatic rings. The molecule has 0 amide bonds. The van der Waals surface area contributed by atoms with Crippen LogP contribution in [0.15, 0.2) is 24.4 Å². The largest absolute Gasteiger partial charge is 0.197 e. The van der Waals surface area contributed by atoms with Crippen LogP contribution in [-0.4, -0.2) is 8.81 Å². The van der Waals surface area contributed by atoms with E-state index in [4.69, 9.17) is 5.26 Å². The van der Waals surface area contributed by atoms with Gasteiger partial charge in [0.25, 0.3) is 0 Å². The minimum Gasteiger partial charge on any atom is -0.197 e. The van der Waals surface area contributed by atoms with Gasteiger partial charge in [0.2, 0.25) is 0 Å². The first kappa shape index (κ1) is 7.32. The predicted molar refractivity (Wildman–Crippen MR) is 48.8 cm³/mol. The number of hydrogen-bond donors (Lipinski definition) is 0. The summed E-state index contributed by atoms with van der Waals surface area (Å²) < 4.78 is 1.57. The van der Waals surface area contributed by atoms with Gasteiger partial charge in [-0.05, 0) is 12.1 Å². The average molecular weight is 222 g/mol. The second-order valence-electron chi connectivity index (χ2n) is 2.35. The normalized spacial score (nSPS) is 10.0. The van der Waals surface area contributed by atoms with E-state index in [9.17, 15) is 0 Å². The van der Waals surface area contributed by atoms with Crippen LogP contribution in [0.5, 0.6) is 0 Å². The molecule has 2 aromatic rings. The van der Waals surface area contributed by atoms with Gasteiger partial charge in [0, 0.05) is 5.39 Å². The highest BCUT2D eigenvalue weighted by molar-refractivity contribution is 9.08. The molecule has 0 unspecified atom stereocenters. The maximum absolute atomic E-state index is 8.74. The van der Waals surface area contributed by atoms with Gasteiger partial charge in [0.1, 0.15) is 0 Å². The Morgan fingerprint density at radius 1 is 1.50 bits per heavy atom. The lowest BCUT2D eigenvalue weighted by atomic mass is 10.1. The summed E-state index contributed by atoms with van der Waals surface area (Å²) in [5.41, 5.74) is 1.56. The number of halogens is 1. The Morgan fingerprint density at radius 3 is 3.08 bits per heavy atom. The van der Waals surface area contributed by atoms with E-state index in [-0.39, 0.29) is 0 Å². The first-order chi connectivity index (χ1) is 5.83. The van der Waals surface area contributed by atoms with E-state index in [1.54, 1.807) is 16.0 Å². The van der Waals surface area contributed by atoms with Crippen molar-refractivity contribution in [2.45, 2.75) is 0 Å². The molecule has 2 rings (SSSR count). The van der Waals surface area contributed by atoms with Crippen LogP contribution in [0.4, 0.5) is 0 Å². The van der Waals surface area contributed by atoms with Gasteiger partial charge in [0.15, 0.2) is 0 Å². The molecule has 1 aromatic carbocycles. The Hall–Kier alpha value is -1.34. The quantitative estimate of drug-likeness (QED) is 0.684. The molecule has 0 fully saturated rings. The van der Waals surface area contributed by atoms with Crippen LogP contribution in [0.3, 0.4) is 0 Å². The molecule has 12 heavy (non-hydrogen) atoms. The van der Waals surface area contributed by atoms with E-state index in [1.807, 2.05) is 12.1 Å². The van der Waals surface area contributed by atoms with E-state index in [1.165, 1.54) is 0 Å². The average Bonchev–Trinajstić information content (AvgIpc) is 2.48. The molecule has 0 radical (unpaired) electrons. The van der Waals surface area contributed by atoms with Crippen molar-refractivity contribution in [1.82, 2.24) is 8.81 Å². The first-order valence-corrected chi connectivity index (χ1v) is 4.07. The summed E-state index contributed by atoms with van der Waals surface area (Å²) in [6.07, 6.45) is 1.67. The molecule has 0 aliphatic carbocycles. The van der Waals surface area contributed by atoms with E-state index in [0.29, 0.717) is 5.56 Å². The molecule has 0 aliphatic heterocycles. The van der Waals surface area contributed by atoms with Gasteiger partial charge in [-0.2, -0.15) is 14.1 Å². The third-order valence-corrected chi connectivity index (χ3v) is 2.26. The number of nitriles is 1. The lowest BCUT2D eigenvalue weighted by molar-refractivity contribution is 1.06. The van der Waals surface area contributed by atoms with Crippen molar-refractivity contribution in [2.24, 2.45) is 0 Å². The highest BCUT2D eigenvalue weighted by Gasteiger charge is 2.03. The van der Waals surface area contributed by atoms with Gasteiger partial charge < -0.3 is 0 Å². The third kappa shape index (κ3) is 0.908. The number of hydrogen-bond acceptors (Lipinski definition) is 2. The highest BCUT2D eigenvalue weighted by atomic mass is 79.9. The first-order valence-electron chi connectivity index (χ1n) is 3.36. The number of fused-ring (bicyclic) bond motifs is 1. The Bertz CT molecular complexity index is 467. The van der Waals surface area contributed by atoms with Crippen LogP contribution in [-0.2, 0) is 0 Å². The summed E-state index contributed by atoms with van der Waals surface area (Å²) in [5.74, 6) is 0. The van der Waals surface area contributed by atoms with Crippen molar-refractivity contribution in [2.75, 3.05) is 0 Å². The van der Waals surface area contributed by atoms with E-state index < -0.39 is 0 Å². The summed E-state index contributed by atoms with van der Waals surface area (Å²) in [5, 5.41) is 13.6. The molecule has 3 nitrogen and oxygen atoms in total. The fourth-order valence-electron chi connectivity index (χ4n) is 1.12. The molecule has 1 heterocycles. The molecule has 58 valence electrons. The Labute approximate surface area is 77.6 Å². The Balaban J connectivity index is 2.92. The van der Waals surface area contributed by atoms with Gasteiger partial charge in [-0.3, -0.25) is 0 Å². The second-order valence-corrected chi connectivity index (χ2v) is 3.03. The molecule has 0 spiro atoms. The molecule has 0 saturated carbocycles. The summed E-state index contributed by atoms with van der Waals surface area (Å²) in [4.78, 5) is 0. The van der Waals surface area contributed by atoms with Gasteiger partial charge in [0.05, 0.1) is 39.5 Å². The summed E-state index contributed by atoms with van der Waals surface area (Å²) in [7, 11) is 0. The van der Waals surface area contributed by atoms with Gasteiger partial charge in [-0.25, -0.2) is 0 Å². The van der Waals surface area contributed by atoms with Gasteiger partial charge in [-0.15, -0.1) is 0 Å². The van der Waals surface area contributed by atoms with Gasteiger partial charge in [-0.1, -0.05) is 6.07 Å². The lowest BCUT2D eigenvalue weighted by Gasteiger charge is -1.91. The summed E-state index contributed by atoms with van der Waals surface area (Å²) >= 11 is 3.23. The van der Waals surface area contributed by atoms with Crippen LogP contribution in [0.2, 0.25) is 0 Å². The monoisotopic (exact) mass is 221 g/mol. The minimum absolute atomic E-state index is 0.651. The predicted octanol–water partition coefficient (Wildman–Crippen LogP) is 2.07. The van der Waals surface area contributed by atoms with E-state index >= 15 is 0 Å². The molecule has 4 heteroatoms. The zero-order chi connectivity index (χ0) is 8.55. The molecule has 0 atom stereocenters. The number of nitrogens with zero attached hydrogens (tertiary/aromatic N) is 3. The van der Waals surface area contributed by atoms with Crippen molar-refractivity contribution in [3.05, 3.63) is 30.0 Å². The number of aromatic nitrogens is 2. The topological polar surface area (TPSA) is 41.6 Å². The summed E-state index contributed by atoms with van der Waals surface area (Å²) in [6.45, 7) is 0. The maximum atomic E-state index is 8.74. The Kier molecular flexibility index (Phi) is 1.59. The van der Waals surface area contributed by atoms with Crippen molar-refractivity contribution in [1.29, 1.82) is 5.26 Å². The van der Waals surface area contributed by atoms with Gasteiger partial charge >= 0.3 is 0 Å². The summed E-state index contributed by atoms with van der Waals surface area (Å²) in [6, 6.07) is 7.62. The molecule has 0 N–H and O–H groups in total. The molecular weight excluding hydrogens is 218 g/mol. The fourth-order valence-corrected chi connectivity index (χ4v) is 1.52. The van der Waals surface area contributed by atoms with Crippen molar-refractivity contribution >= 4 is 27.1 Å². The smallest absolute Gasteiger partial charge is 0.0999 e. The molecule has 1 aromatic heterocycles.